The molecule has 0 spiro atoms. The predicted molar refractivity (Wildman–Crippen MR) is 118 cm³/mol. The average Bonchev–Trinajstić information content (AvgIpc) is 2.68. The summed E-state index contributed by atoms with van der Waals surface area (Å²) in [5.41, 5.74) is 3.85. The first-order valence-corrected chi connectivity index (χ1v) is 11.3. The topological polar surface area (TPSA) is 12.0 Å². The van der Waals surface area contributed by atoms with Crippen LogP contribution in [0.3, 0.4) is 0 Å². The second kappa shape index (κ2) is 8.90. The van der Waals surface area contributed by atoms with Gasteiger partial charge in [0, 0.05) is 26.1 Å². The minimum atomic E-state index is 1.06. The van der Waals surface area contributed by atoms with Gasteiger partial charge in [0.25, 0.3) is 0 Å². The van der Waals surface area contributed by atoms with Gasteiger partial charge in [0.1, 0.15) is 0 Å². The molecular weight excluding hydrogens is 366 g/mol. The van der Waals surface area contributed by atoms with E-state index in [0.29, 0.717) is 0 Å². The lowest BCUT2D eigenvalue weighted by atomic mass is 9.97. The summed E-state index contributed by atoms with van der Waals surface area (Å²) >= 11 is 3.80. The molecular formula is C24H25NS2. The predicted octanol–water partition coefficient (Wildman–Crippen LogP) is 7.31. The van der Waals surface area contributed by atoms with Crippen molar-refractivity contribution in [3.63, 3.8) is 0 Å². The number of nitrogens with one attached hydrogen (secondary N) is 1. The molecule has 0 bridgehead atoms. The highest BCUT2D eigenvalue weighted by Gasteiger charge is 2.20. The van der Waals surface area contributed by atoms with Crippen LogP contribution < -0.4 is 5.32 Å². The molecule has 0 saturated heterocycles. The monoisotopic (exact) mass is 391 g/mol. The first-order valence-electron chi connectivity index (χ1n) is 9.69. The van der Waals surface area contributed by atoms with Crippen LogP contribution in [0.15, 0.2) is 92.6 Å². The summed E-state index contributed by atoms with van der Waals surface area (Å²) in [6.45, 7) is 5.31. The summed E-state index contributed by atoms with van der Waals surface area (Å²) in [6.07, 6.45) is 12.6. The van der Waals surface area contributed by atoms with Gasteiger partial charge in [-0.1, -0.05) is 73.3 Å². The molecule has 3 heteroatoms. The largest absolute Gasteiger partial charge is 0.391 e. The van der Waals surface area contributed by atoms with E-state index in [0.717, 1.165) is 18.5 Å². The SMILES string of the molecule is C=C1/C=C/NCCCCCC/C(c2cccc3c2Sc2ccccc2S3)=C\1. The van der Waals surface area contributed by atoms with Gasteiger partial charge >= 0.3 is 0 Å². The van der Waals surface area contributed by atoms with Gasteiger partial charge in [0.05, 0.1) is 0 Å². The Morgan fingerprint density at radius 2 is 1.59 bits per heavy atom. The molecule has 2 heterocycles. The quantitative estimate of drug-likeness (QED) is 0.467. The van der Waals surface area contributed by atoms with Crippen molar-refractivity contribution in [2.75, 3.05) is 6.54 Å². The number of benzene rings is 2. The van der Waals surface area contributed by atoms with Crippen molar-refractivity contribution in [2.24, 2.45) is 0 Å². The van der Waals surface area contributed by atoms with Crippen molar-refractivity contribution in [3.05, 3.63) is 78.5 Å². The van der Waals surface area contributed by atoms with Crippen LogP contribution in [0.4, 0.5) is 0 Å². The first-order chi connectivity index (χ1) is 13.3. The summed E-state index contributed by atoms with van der Waals surface area (Å²) in [6, 6.07) is 15.4. The van der Waals surface area contributed by atoms with Crippen molar-refractivity contribution in [3.8, 4) is 0 Å². The van der Waals surface area contributed by atoms with E-state index in [1.807, 2.05) is 29.7 Å². The van der Waals surface area contributed by atoms with Crippen LogP contribution in [0.1, 0.15) is 37.7 Å². The maximum absolute atomic E-state index is 4.25. The van der Waals surface area contributed by atoms with Gasteiger partial charge in [-0.3, -0.25) is 0 Å². The highest BCUT2D eigenvalue weighted by Crippen LogP contribution is 2.51. The number of hydrogen-bond donors (Lipinski definition) is 1. The second-order valence-electron chi connectivity index (χ2n) is 6.98. The van der Waals surface area contributed by atoms with Gasteiger partial charge in [-0.25, -0.2) is 0 Å². The Morgan fingerprint density at radius 1 is 0.815 bits per heavy atom. The zero-order valence-corrected chi connectivity index (χ0v) is 17.2. The molecule has 138 valence electrons. The smallest absolute Gasteiger partial charge is 0.0337 e. The highest BCUT2D eigenvalue weighted by molar-refractivity contribution is 8.05. The lowest BCUT2D eigenvalue weighted by Crippen LogP contribution is -2.06. The maximum atomic E-state index is 4.25. The molecule has 0 aliphatic carbocycles. The van der Waals surface area contributed by atoms with E-state index in [9.17, 15) is 0 Å². The summed E-state index contributed by atoms with van der Waals surface area (Å²) in [5, 5.41) is 3.37. The summed E-state index contributed by atoms with van der Waals surface area (Å²) in [5.74, 6) is 0. The van der Waals surface area contributed by atoms with Crippen LogP contribution in [-0.2, 0) is 0 Å². The maximum Gasteiger partial charge on any atom is 0.0337 e. The lowest BCUT2D eigenvalue weighted by Gasteiger charge is -2.22. The number of rotatable bonds is 1. The lowest BCUT2D eigenvalue weighted by molar-refractivity contribution is 0.631. The molecule has 0 saturated carbocycles. The van der Waals surface area contributed by atoms with Gasteiger partial charge in [0.15, 0.2) is 0 Å². The van der Waals surface area contributed by atoms with Crippen molar-refractivity contribution < 1.29 is 0 Å². The van der Waals surface area contributed by atoms with Crippen LogP contribution >= 0.6 is 23.5 Å². The zero-order valence-electron chi connectivity index (χ0n) is 15.5. The number of allylic oxidation sites excluding steroid dienone is 4. The Kier molecular flexibility index (Phi) is 6.10. The Hall–Kier alpha value is -1.84. The van der Waals surface area contributed by atoms with E-state index in [4.69, 9.17) is 0 Å². The molecule has 0 amide bonds. The average molecular weight is 392 g/mol. The third-order valence-electron chi connectivity index (χ3n) is 4.90. The van der Waals surface area contributed by atoms with Crippen molar-refractivity contribution in [1.82, 2.24) is 5.32 Å². The molecule has 1 N–H and O–H groups in total. The van der Waals surface area contributed by atoms with E-state index in [1.165, 1.54) is 56.4 Å². The third-order valence-corrected chi connectivity index (χ3v) is 7.51. The van der Waals surface area contributed by atoms with E-state index in [-0.39, 0.29) is 0 Å². The first kappa shape index (κ1) is 18.5. The van der Waals surface area contributed by atoms with Crippen LogP contribution in [0.2, 0.25) is 0 Å². The van der Waals surface area contributed by atoms with Crippen LogP contribution in [0.25, 0.3) is 5.57 Å². The highest BCUT2D eigenvalue weighted by atomic mass is 32.2. The van der Waals surface area contributed by atoms with Crippen LogP contribution in [0, 0.1) is 0 Å². The molecule has 2 aliphatic rings. The molecule has 27 heavy (non-hydrogen) atoms. The number of fused-ring (bicyclic) bond motifs is 2. The van der Waals surface area contributed by atoms with Crippen molar-refractivity contribution >= 4 is 29.1 Å². The molecule has 4 rings (SSSR count). The molecule has 0 unspecified atom stereocenters. The van der Waals surface area contributed by atoms with Gasteiger partial charge in [0.2, 0.25) is 0 Å². The molecule has 2 aliphatic heterocycles. The summed E-state index contributed by atoms with van der Waals surface area (Å²) in [4.78, 5) is 5.48. The van der Waals surface area contributed by atoms with E-state index in [2.05, 4.69) is 66.5 Å². The molecule has 0 fully saturated rings. The summed E-state index contributed by atoms with van der Waals surface area (Å²) < 4.78 is 0. The minimum Gasteiger partial charge on any atom is -0.391 e. The molecule has 0 radical (unpaired) electrons. The van der Waals surface area contributed by atoms with E-state index >= 15 is 0 Å². The fourth-order valence-corrected chi connectivity index (χ4v) is 5.92. The number of hydrogen-bond acceptors (Lipinski definition) is 3. The van der Waals surface area contributed by atoms with Gasteiger partial charge < -0.3 is 5.32 Å². The zero-order chi connectivity index (χ0) is 18.5. The second-order valence-corrected chi connectivity index (χ2v) is 9.12. The van der Waals surface area contributed by atoms with E-state index < -0.39 is 0 Å². The van der Waals surface area contributed by atoms with Crippen LogP contribution in [-0.4, -0.2) is 6.54 Å². The summed E-state index contributed by atoms with van der Waals surface area (Å²) in [7, 11) is 0. The Labute approximate surface area is 171 Å². The Bertz CT molecular complexity index is 895. The standard InChI is InChI=1S/C24H25NS2/c1-18-14-16-25-15-7-3-2-4-9-19(17-18)20-10-8-13-23-24(20)27-22-12-6-5-11-21(22)26-23/h5-6,8,10-14,16-17,25H,1-4,7,9,15H2/b16-14+,19-17+. The fourth-order valence-electron chi connectivity index (χ4n) is 3.50. The van der Waals surface area contributed by atoms with Crippen molar-refractivity contribution in [2.45, 2.75) is 51.7 Å². The normalized spacial score (nSPS) is 20.7. The molecule has 0 atom stereocenters. The third kappa shape index (κ3) is 4.53. The molecule has 0 aromatic heterocycles. The van der Waals surface area contributed by atoms with Gasteiger partial charge in [-0.05, 0) is 66.4 Å². The molecule has 1 nitrogen and oxygen atoms in total. The Balaban J connectivity index is 1.70. The fraction of sp³-hybridized carbons (Fsp3) is 0.250. The van der Waals surface area contributed by atoms with Crippen LogP contribution in [0.5, 0.6) is 0 Å². The van der Waals surface area contributed by atoms with Gasteiger partial charge in [-0.15, -0.1) is 0 Å². The van der Waals surface area contributed by atoms with Crippen molar-refractivity contribution in [1.29, 1.82) is 0 Å². The minimum absolute atomic E-state index is 1.06. The van der Waals surface area contributed by atoms with E-state index in [1.54, 1.807) is 0 Å². The molecule has 2 aromatic rings. The Morgan fingerprint density at radius 3 is 2.48 bits per heavy atom. The van der Waals surface area contributed by atoms with Gasteiger partial charge in [-0.2, -0.15) is 0 Å². The molecule has 2 aromatic carbocycles.